The second-order valence-electron chi connectivity index (χ2n) is 7.89. The van der Waals surface area contributed by atoms with Gasteiger partial charge in [-0.1, -0.05) is 17.7 Å². The molecule has 0 unspecified atom stereocenters. The Morgan fingerprint density at radius 3 is 2.44 bits per heavy atom. The Morgan fingerprint density at radius 1 is 1.22 bits per heavy atom. The summed E-state index contributed by atoms with van der Waals surface area (Å²) < 4.78 is 16.7. The van der Waals surface area contributed by atoms with Gasteiger partial charge < -0.3 is 19.5 Å². The van der Waals surface area contributed by atoms with Crippen molar-refractivity contribution < 1.29 is 23.8 Å². The third-order valence-corrected chi connectivity index (χ3v) is 4.24. The third-order valence-electron chi connectivity index (χ3n) is 4.01. The summed E-state index contributed by atoms with van der Waals surface area (Å²) in [5, 5.41) is 3.07. The Kier molecular flexibility index (Phi) is 6.98. The number of hydrogen-bond acceptors (Lipinski definition) is 5. The lowest BCUT2D eigenvalue weighted by molar-refractivity contribution is -0.155. The van der Waals surface area contributed by atoms with Gasteiger partial charge in [0.25, 0.3) is 0 Å². The molecule has 1 saturated carbocycles. The van der Waals surface area contributed by atoms with Crippen LogP contribution in [0.15, 0.2) is 24.3 Å². The maximum atomic E-state index is 12.3. The van der Waals surface area contributed by atoms with Crippen molar-refractivity contribution >= 4 is 23.7 Å². The Morgan fingerprint density at radius 2 is 1.89 bits per heavy atom. The maximum absolute atomic E-state index is 12.3. The summed E-state index contributed by atoms with van der Waals surface area (Å²) >= 11 is 6.01. The van der Waals surface area contributed by atoms with Crippen molar-refractivity contribution in [2.24, 2.45) is 5.92 Å². The monoisotopic (exact) mass is 397 g/mol. The van der Waals surface area contributed by atoms with E-state index in [1.165, 1.54) is 0 Å². The third kappa shape index (κ3) is 7.29. The van der Waals surface area contributed by atoms with E-state index in [0.717, 1.165) is 12.8 Å². The molecule has 1 N–H and O–H groups in total. The van der Waals surface area contributed by atoms with Gasteiger partial charge in [-0.3, -0.25) is 0 Å². The molecule has 0 saturated heterocycles. The van der Waals surface area contributed by atoms with Gasteiger partial charge in [0.1, 0.15) is 29.6 Å². The van der Waals surface area contributed by atoms with E-state index in [9.17, 15) is 9.59 Å². The number of nitrogens with one attached hydrogen (secondary N) is 1. The first-order valence-corrected chi connectivity index (χ1v) is 9.55. The van der Waals surface area contributed by atoms with Crippen LogP contribution in [-0.4, -0.2) is 35.9 Å². The summed E-state index contributed by atoms with van der Waals surface area (Å²) in [4.78, 5) is 24.1. The molecule has 27 heavy (non-hydrogen) atoms. The van der Waals surface area contributed by atoms with Gasteiger partial charge in [0, 0.05) is 5.02 Å². The molecule has 0 radical (unpaired) electrons. The molecule has 1 aliphatic rings. The van der Waals surface area contributed by atoms with Crippen LogP contribution in [0, 0.1) is 5.92 Å². The predicted octanol–water partition coefficient (Wildman–Crippen LogP) is 4.34. The van der Waals surface area contributed by atoms with Gasteiger partial charge in [-0.15, -0.1) is 0 Å². The highest BCUT2D eigenvalue weighted by atomic mass is 35.5. The minimum absolute atomic E-state index is 0.263. The molecule has 1 aromatic rings. The van der Waals surface area contributed by atoms with Gasteiger partial charge in [-0.05, 0) is 71.6 Å². The first kappa shape index (κ1) is 21.4. The normalized spacial score (nSPS) is 17.4. The van der Waals surface area contributed by atoms with E-state index in [-0.39, 0.29) is 6.10 Å². The highest BCUT2D eigenvalue weighted by Crippen LogP contribution is 2.37. The van der Waals surface area contributed by atoms with Crippen molar-refractivity contribution in [3.05, 3.63) is 29.3 Å². The van der Waals surface area contributed by atoms with Gasteiger partial charge in [-0.25, -0.2) is 9.59 Å². The number of benzene rings is 1. The van der Waals surface area contributed by atoms with Gasteiger partial charge in [-0.2, -0.15) is 0 Å². The standard InChI is InChI=1S/C20H28ClNO5/c1-12(22-19(24)27-20(3,4)5)18(23)25-13(2)17(14-9-10-14)26-16-8-6-7-15(21)11-16/h6-8,11-14,17H,9-10H2,1-5H3,(H,22,24)/t12-,13-,17-/m0/s1. The molecule has 0 spiro atoms. The minimum atomic E-state index is -0.826. The zero-order valence-electron chi connectivity index (χ0n) is 16.5. The Labute approximate surface area is 165 Å². The average Bonchev–Trinajstić information content (AvgIpc) is 3.35. The van der Waals surface area contributed by atoms with E-state index in [1.54, 1.807) is 46.8 Å². The molecule has 0 bridgehead atoms. The molecular weight excluding hydrogens is 370 g/mol. The fraction of sp³-hybridized carbons (Fsp3) is 0.600. The summed E-state index contributed by atoms with van der Waals surface area (Å²) in [5.74, 6) is 0.442. The van der Waals surface area contributed by atoms with Gasteiger partial charge in [0.15, 0.2) is 0 Å². The molecule has 3 atom stereocenters. The van der Waals surface area contributed by atoms with E-state index < -0.39 is 29.8 Å². The highest BCUT2D eigenvalue weighted by Gasteiger charge is 2.39. The summed E-state index contributed by atoms with van der Waals surface area (Å²) in [6.07, 6.45) is 0.666. The minimum Gasteiger partial charge on any atom is -0.486 e. The van der Waals surface area contributed by atoms with Crippen LogP contribution in [-0.2, 0) is 14.3 Å². The van der Waals surface area contributed by atoms with Crippen molar-refractivity contribution in [3.8, 4) is 5.75 Å². The fourth-order valence-electron chi connectivity index (χ4n) is 2.59. The smallest absolute Gasteiger partial charge is 0.408 e. The van der Waals surface area contributed by atoms with Crippen molar-refractivity contribution in [2.75, 3.05) is 0 Å². The number of esters is 1. The van der Waals surface area contributed by atoms with Crippen LogP contribution in [0.3, 0.4) is 0 Å². The molecule has 150 valence electrons. The Hall–Kier alpha value is -1.95. The first-order valence-electron chi connectivity index (χ1n) is 9.17. The molecule has 1 fully saturated rings. The lowest BCUT2D eigenvalue weighted by Gasteiger charge is -2.27. The van der Waals surface area contributed by atoms with Crippen LogP contribution in [0.4, 0.5) is 4.79 Å². The van der Waals surface area contributed by atoms with E-state index in [1.807, 2.05) is 12.1 Å². The fourth-order valence-corrected chi connectivity index (χ4v) is 2.77. The summed E-state index contributed by atoms with van der Waals surface area (Å²) in [6.45, 7) is 8.62. The zero-order valence-corrected chi connectivity index (χ0v) is 17.2. The molecular formula is C20H28ClNO5. The van der Waals surface area contributed by atoms with Gasteiger partial charge in [0.05, 0.1) is 0 Å². The molecule has 2 rings (SSSR count). The molecule has 7 heteroatoms. The number of rotatable bonds is 7. The van der Waals surface area contributed by atoms with Crippen molar-refractivity contribution in [3.63, 3.8) is 0 Å². The van der Waals surface area contributed by atoms with Crippen molar-refractivity contribution in [1.29, 1.82) is 0 Å². The van der Waals surface area contributed by atoms with Crippen molar-refractivity contribution in [1.82, 2.24) is 5.32 Å². The maximum Gasteiger partial charge on any atom is 0.408 e. The second-order valence-corrected chi connectivity index (χ2v) is 8.32. The van der Waals surface area contributed by atoms with E-state index in [4.69, 9.17) is 25.8 Å². The number of ether oxygens (including phenoxy) is 3. The van der Waals surface area contributed by atoms with Crippen LogP contribution >= 0.6 is 11.6 Å². The topological polar surface area (TPSA) is 73.9 Å². The van der Waals surface area contributed by atoms with Crippen LogP contribution < -0.4 is 10.1 Å². The lowest BCUT2D eigenvalue weighted by Crippen LogP contribution is -2.45. The van der Waals surface area contributed by atoms with Crippen LogP contribution in [0.2, 0.25) is 5.02 Å². The summed E-state index contributed by atoms with van der Waals surface area (Å²) in [7, 11) is 0. The number of carbonyl (C=O) groups excluding carboxylic acids is 2. The second kappa shape index (κ2) is 8.83. The molecule has 1 aromatic carbocycles. The Bertz CT molecular complexity index is 669. The van der Waals surface area contributed by atoms with Crippen LogP contribution in [0.5, 0.6) is 5.75 Å². The van der Waals surface area contributed by atoms with Crippen LogP contribution in [0.25, 0.3) is 0 Å². The number of halogens is 1. The number of hydrogen-bond donors (Lipinski definition) is 1. The molecule has 1 aliphatic carbocycles. The SMILES string of the molecule is C[C@H](NC(=O)OC(C)(C)C)C(=O)O[C@@H](C)[C@H](Oc1cccc(Cl)c1)C1CC1. The highest BCUT2D eigenvalue weighted by molar-refractivity contribution is 6.30. The molecule has 0 heterocycles. The molecule has 0 aliphatic heterocycles. The lowest BCUT2D eigenvalue weighted by atomic mass is 10.1. The molecule has 1 amide bonds. The number of amides is 1. The van der Waals surface area contributed by atoms with Gasteiger partial charge >= 0.3 is 12.1 Å². The number of carbonyl (C=O) groups is 2. The molecule has 0 aromatic heterocycles. The van der Waals surface area contributed by atoms with Crippen molar-refractivity contribution in [2.45, 2.75) is 71.3 Å². The van der Waals surface area contributed by atoms with E-state index in [0.29, 0.717) is 16.7 Å². The first-order chi connectivity index (χ1) is 12.5. The predicted molar refractivity (Wildman–Crippen MR) is 103 cm³/mol. The largest absolute Gasteiger partial charge is 0.486 e. The quantitative estimate of drug-likeness (QED) is 0.692. The van der Waals surface area contributed by atoms with E-state index in [2.05, 4.69) is 5.32 Å². The van der Waals surface area contributed by atoms with Crippen LogP contribution in [0.1, 0.15) is 47.5 Å². The summed E-state index contributed by atoms with van der Waals surface area (Å²) in [5.41, 5.74) is -0.636. The molecule has 6 nitrogen and oxygen atoms in total. The van der Waals surface area contributed by atoms with Gasteiger partial charge in [0.2, 0.25) is 0 Å². The zero-order chi connectivity index (χ0) is 20.2. The Balaban J connectivity index is 1.91. The summed E-state index contributed by atoms with van der Waals surface area (Å²) in [6, 6.07) is 6.31. The van der Waals surface area contributed by atoms with E-state index >= 15 is 0 Å². The average molecular weight is 398 g/mol. The number of alkyl carbamates (subject to hydrolysis) is 1.